The lowest BCUT2D eigenvalue weighted by Gasteiger charge is -2.32. The molecular weight excluding hydrogens is 485 g/mol. The van der Waals surface area contributed by atoms with Crippen LogP contribution in [0.4, 0.5) is 10.2 Å². The highest BCUT2D eigenvalue weighted by atomic mass is 32.2. The summed E-state index contributed by atoms with van der Waals surface area (Å²) in [6.07, 6.45) is 2.49. The van der Waals surface area contributed by atoms with Crippen LogP contribution in [-0.2, 0) is 21.7 Å². The molecule has 194 valence electrons. The number of aliphatic hydroxyl groups excluding tert-OH is 1. The predicted molar refractivity (Wildman–Crippen MR) is 135 cm³/mol. The van der Waals surface area contributed by atoms with Crippen molar-refractivity contribution in [3.8, 4) is 0 Å². The van der Waals surface area contributed by atoms with Gasteiger partial charge in [-0.1, -0.05) is 23.9 Å². The number of nitrogens with one attached hydrogen (secondary N) is 1. The first kappa shape index (κ1) is 26.5. The fourth-order valence-corrected chi connectivity index (χ4v) is 5.64. The van der Waals surface area contributed by atoms with Crippen LogP contribution in [0.5, 0.6) is 0 Å². The molecule has 1 amide bonds. The lowest BCUT2D eigenvalue weighted by Crippen LogP contribution is -2.42. The standard InChI is InChI=1S/C25H32FN5O4S/c1-25(2,34)15-3-4-17(19(26)11-15)20-12-18(23(27)33)24(36-20)30-21-5-7-28-22(29-21)14-31-8-10-35-16(13-31)6-9-32/h3-5,7,11,16,20,32,34H,6,8-10,12-14H2,1-2H3,(H2,27,33)(H,28,29,30). The summed E-state index contributed by atoms with van der Waals surface area (Å²) >= 11 is 1.32. The zero-order valence-corrected chi connectivity index (χ0v) is 21.2. The molecule has 1 fully saturated rings. The van der Waals surface area contributed by atoms with Crippen molar-refractivity contribution in [1.82, 2.24) is 14.9 Å². The number of hydrogen-bond acceptors (Lipinski definition) is 9. The normalized spacial score (nSPS) is 21.1. The summed E-state index contributed by atoms with van der Waals surface area (Å²) in [6, 6.07) is 6.38. The molecule has 2 atom stereocenters. The first-order chi connectivity index (χ1) is 17.1. The molecule has 2 aromatic rings. The molecule has 2 aliphatic rings. The molecule has 3 heterocycles. The number of aliphatic hydroxyl groups is 2. The van der Waals surface area contributed by atoms with Crippen LogP contribution in [0.15, 0.2) is 41.1 Å². The second-order valence-corrected chi connectivity index (χ2v) is 10.7. The zero-order valence-electron chi connectivity index (χ0n) is 20.4. The largest absolute Gasteiger partial charge is 0.396 e. The minimum absolute atomic E-state index is 0.0157. The van der Waals surface area contributed by atoms with E-state index in [1.165, 1.54) is 17.8 Å². The van der Waals surface area contributed by atoms with Crippen molar-refractivity contribution in [2.75, 3.05) is 31.6 Å². The third-order valence-corrected chi connectivity index (χ3v) is 7.55. The average Bonchev–Trinajstić information content (AvgIpc) is 3.23. The maximum absolute atomic E-state index is 14.9. The molecule has 0 spiro atoms. The second kappa shape index (κ2) is 11.2. The molecule has 2 aliphatic heterocycles. The minimum Gasteiger partial charge on any atom is -0.396 e. The fraction of sp³-hybridized carbons (Fsp3) is 0.480. The van der Waals surface area contributed by atoms with Gasteiger partial charge in [0.2, 0.25) is 5.91 Å². The monoisotopic (exact) mass is 517 g/mol. The Bertz CT molecular complexity index is 1140. The fourth-order valence-electron chi connectivity index (χ4n) is 4.30. The van der Waals surface area contributed by atoms with Gasteiger partial charge < -0.3 is 26.0 Å². The van der Waals surface area contributed by atoms with E-state index in [0.29, 0.717) is 59.5 Å². The number of hydrogen-bond donors (Lipinski definition) is 4. The number of nitrogens with two attached hydrogens (primary N) is 1. The number of amides is 1. The third kappa shape index (κ3) is 6.40. The number of benzene rings is 1. The van der Waals surface area contributed by atoms with Gasteiger partial charge in [0, 0.05) is 42.3 Å². The highest BCUT2D eigenvalue weighted by Crippen LogP contribution is 2.48. The summed E-state index contributed by atoms with van der Waals surface area (Å²) in [6.45, 7) is 5.83. The Morgan fingerprint density at radius 1 is 1.39 bits per heavy atom. The number of anilines is 1. The summed E-state index contributed by atoms with van der Waals surface area (Å²) < 4.78 is 20.6. The number of thioether (sulfide) groups is 1. The van der Waals surface area contributed by atoms with Crippen molar-refractivity contribution in [2.45, 2.75) is 50.2 Å². The van der Waals surface area contributed by atoms with Crippen LogP contribution in [0.2, 0.25) is 0 Å². The van der Waals surface area contributed by atoms with Crippen LogP contribution in [0.3, 0.4) is 0 Å². The number of carbonyl (C=O) groups excluding carboxylic acids is 1. The Kier molecular flexibility index (Phi) is 8.26. The molecule has 0 bridgehead atoms. The van der Waals surface area contributed by atoms with Crippen molar-refractivity contribution in [1.29, 1.82) is 0 Å². The van der Waals surface area contributed by atoms with Gasteiger partial charge in [-0.25, -0.2) is 14.4 Å². The van der Waals surface area contributed by atoms with Gasteiger partial charge in [-0.2, -0.15) is 0 Å². The third-order valence-electron chi connectivity index (χ3n) is 6.26. The quantitative estimate of drug-likeness (QED) is 0.396. The maximum atomic E-state index is 14.9. The average molecular weight is 518 g/mol. The predicted octanol–water partition coefficient (Wildman–Crippen LogP) is 2.41. The van der Waals surface area contributed by atoms with Crippen LogP contribution in [0.1, 0.15) is 48.9 Å². The van der Waals surface area contributed by atoms with Crippen molar-refractivity contribution in [3.63, 3.8) is 0 Å². The summed E-state index contributed by atoms with van der Waals surface area (Å²) in [5.41, 5.74) is 5.79. The Balaban J connectivity index is 1.46. The molecule has 1 aromatic heterocycles. The van der Waals surface area contributed by atoms with Gasteiger partial charge >= 0.3 is 0 Å². The summed E-state index contributed by atoms with van der Waals surface area (Å²) in [4.78, 5) is 23.3. The molecule has 2 unspecified atom stereocenters. The molecule has 0 aliphatic carbocycles. The van der Waals surface area contributed by atoms with E-state index in [2.05, 4.69) is 20.2 Å². The van der Waals surface area contributed by atoms with Crippen LogP contribution in [0.25, 0.3) is 0 Å². The smallest absolute Gasteiger partial charge is 0.247 e. The summed E-state index contributed by atoms with van der Waals surface area (Å²) in [5, 5.41) is 22.7. The summed E-state index contributed by atoms with van der Waals surface area (Å²) in [7, 11) is 0. The molecule has 0 radical (unpaired) electrons. The van der Waals surface area contributed by atoms with Gasteiger partial charge in [0.05, 0.1) is 29.9 Å². The topological polar surface area (TPSA) is 134 Å². The molecule has 5 N–H and O–H groups in total. The Hall–Kier alpha value is -2.57. The van der Waals surface area contributed by atoms with E-state index in [0.717, 1.165) is 6.54 Å². The Morgan fingerprint density at radius 2 is 2.19 bits per heavy atom. The van der Waals surface area contributed by atoms with E-state index in [4.69, 9.17) is 10.5 Å². The summed E-state index contributed by atoms with van der Waals surface area (Å²) in [5.74, 6) is 0.115. The number of morpholine rings is 1. The van der Waals surface area contributed by atoms with Crippen LogP contribution in [0, 0.1) is 5.82 Å². The van der Waals surface area contributed by atoms with E-state index >= 15 is 0 Å². The number of rotatable bonds is 9. The van der Waals surface area contributed by atoms with E-state index in [9.17, 15) is 19.4 Å². The zero-order chi connectivity index (χ0) is 25.9. The van der Waals surface area contributed by atoms with Gasteiger partial charge in [0.15, 0.2) is 0 Å². The molecule has 9 nitrogen and oxygen atoms in total. The molecule has 11 heteroatoms. The molecule has 1 aromatic carbocycles. The van der Waals surface area contributed by atoms with Crippen molar-refractivity contribution in [3.05, 3.63) is 63.8 Å². The lowest BCUT2D eigenvalue weighted by molar-refractivity contribution is -0.114. The number of primary amides is 1. The van der Waals surface area contributed by atoms with Crippen LogP contribution < -0.4 is 11.1 Å². The van der Waals surface area contributed by atoms with Crippen LogP contribution in [-0.4, -0.2) is 63.4 Å². The molecule has 4 rings (SSSR count). The van der Waals surface area contributed by atoms with Crippen molar-refractivity contribution >= 4 is 23.5 Å². The number of nitrogens with zero attached hydrogens (tertiary/aromatic N) is 3. The highest BCUT2D eigenvalue weighted by Gasteiger charge is 2.32. The van der Waals surface area contributed by atoms with E-state index < -0.39 is 17.3 Å². The van der Waals surface area contributed by atoms with Gasteiger partial charge in [0.25, 0.3) is 0 Å². The maximum Gasteiger partial charge on any atom is 0.247 e. The van der Waals surface area contributed by atoms with Crippen molar-refractivity contribution < 1.29 is 24.1 Å². The minimum atomic E-state index is -1.16. The van der Waals surface area contributed by atoms with E-state index in [1.54, 1.807) is 38.2 Å². The Labute approximate surface area is 214 Å². The lowest BCUT2D eigenvalue weighted by atomic mass is 9.95. The first-order valence-corrected chi connectivity index (χ1v) is 12.8. The van der Waals surface area contributed by atoms with Crippen LogP contribution >= 0.6 is 11.8 Å². The van der Waals surface area contributed by atoms with Gasteiger partial charge in [-0.05, 0) is 44.4 Å². The first-order valence-electron chi connectivity index (χ1n) is 11.9. The number of halogens is 1. The van der Waals surface area contributed by atoms with Crippen molar-refractivity contribution in [2.24, 2.45) is 5.73 Å². The SMILES string of the molecule is CC(C)(O)c1ccc(C2CC(C(N)=O)=C(Nc3ccnc(CN4CCOC(CCO)C4)n3)S2)c(F)c1. The Morgan fingerprint density at radius 3 is 2.89 bits per heavy atom. The molecule has 36 heavy (non-hydrogen) atoms. The molecule has 1 saturated heterocycles. The number of carbonyl (C=O) groups is 1. The van der Waals surface area contributed by atoms with Gasteiger partial charge in [0.1, 0.15) is 17.5 Å². The molecule has 0 saturated carbocycles. The number of ether oxygens (including phenoxy) is 1. The van der Waals surface area contributed by atoms with E-state index in [-0.39, 0.29) is 24.4 Å². The highest BCUT2D eigenvalue weighted by molar-refractivity contribution is 8.03. The number of aromatic nitrogens is 2. The second-order valence-electron chi connectivity index (χ2n) is 9.50. The molecular formula is C25H32FN5O4S. The van der Waals surface area contributed by atoms with E-state index in [1.807, 2.05) is 0 Å². The van der Waals surface area contributed by atoms with Gasteiger partial charge in [-0.3, -0.25) is 9.69 Å². The van der Waals surface area contributed by atoms with Gasteiger partial charge in [-0.15, -0.1) is 0 Å².